The molecule has 2 aromatic carbocycles. The highest BCUT2D eigenvalue weighted by atomic mass is 19.1. The van der Waals surface area contributed by atoms with Crippen molar-refractivity contribution in [3.8, 4) is 5.75 Å². The molecule has 4 heteroatoms. The van der Waals surface area contributed by atoms with Gasteiger partial charge in [-0.05, 0) is 30.7 Å². The van der Waals surface area contributed by atoms with Crippen LogP contribution in [0.15, 0.2) is 36.4 Å². The number of methoxy groups -OCH3 is 1. The molecule has 0 aliphatic carbocycles. The number of halogens is 1. The van der Waals surface area contributed by atoms with Gasteiger partial charge in [0.15, 0.2) is 0 Å². The molecular formula is C14H15FN2O. The van der Waals surface area contributed by atoms with Crippen molar-refractivity contribution in [2.24, 2.45) is 0 Å². The number of hydrogen-bond donors (Lipinski definition) is 2. The second-order valence-electron chi connectivity index (χ2n) is 4.10. The molecule has 0 unspecified atom stereocenters. The highest BCUT2D eigenvalue weighted by Gasteiger charge is 2.04. The maximum atomic E-state index is 13.7. The van der Waals surface area contributed by atoms with Crippen molar-refractivity contribution in [1.29, 1.82) is 0 Å². The molecule has 2 aromatic rings. The van der Waals surface area contributed by atoms with E-state index in [9.17, 15) is 4.39 Å². The normalized spacial score (nSPS) is 10.2. The Bertz CT molecular complexity index is 570. The van der Waals surface area contributed by atoms with Gasteiger partial charge in [0.05, 0.1) is 12.8 Å². The van der Waals surface area contributed by atoms with E-state index < -0.39 is 0 Å². The molecule has 0 amide bonds. The molecule has 0 heterocycles. The van der Waals surface area contributed by atoms with Crippen LogP contribution in [0, 0.1) is 12.7 Å². The molecule has 94 valence electrons. The van der Waals surface area contributed by atoms with E-state index in [4.69, 9.17) is 10.5 Å². The Morgan fingerprint density at radius 2 is 1.94 bits per heavy atom. The quantitative estimate of drug-likeness (QED) is 0.815. The average Bonchev–Trinajstić information content (AvgIpc) is 2.32. The zero-order chi connectivity index (χ0) is 13.1. The number of rotatable bonds is 3. The summed E-state index contributed by atoms with van der Waals surface area (Å²) >= 11 is 0. The molecule has 0 spiro atoms. The lowest BCUT2D eigenvalue weighted by molar-refractivity contribution is 0.415. The first-order chi connectivity index (χ1) is 8.58. The van der Waals surface area contributed by atoms with Crippen molar-refractivity contribution < 1.29 is 9.13 Å². The summed E-state index contributed by atoms with van der Waals surface area (Å²) in [5, 5.41) is 2.98. The summed E-state index contributed by atoms with van der Waals surface area (Å²) in [7, 11) is 1.56. The fraction of sp³-hybridized carbons (Fsp3) is 0.143. The zero-order valence-corrected chi connectivity index (χ0v) is 10.3. The molecule has 0 fully saturated rings. The van der Waals surface area contributed by atoms with E-state index in [1.807, 2.05) is 13.0 Å². The minimum absolute atomic E-state index is 0.295. The number of ether oxygens (including phenoxy) is 1. The van der Waals surface area contributed by atoms with Crippen LogP contribution in [0.5, 0.6) is 5.75 Å². The Morgan fingerprint density at radius 1 is 1.17 bits per heavy atom. The van der Waals surface area contributed by atoms with Crippen molar-refractivity contribution in [3.05, 3.63) is 47.8 Å². The van der Waals surface area contributed by atoms with Gasteiger partial charge in [-0.15, -0.1) is 0 Å². The second kappa shape index (κ2) is 4.96. The lowest BCUT2D eigenvalue weighted by atomic mass is 10.2. The Labute approximate surface area is 105 Å². The first-order valence-electron chi connectivity index (χ1n) is 5.56. The molecule has 2 rings (SSSR count). The molecule has 18 heavy (non-hydrogen) atoms. The van der Waals surface area contributed by atoms with E-state index in [1.165, 1.54) is 6.07 Å². The van der Waals surface area contributed by atoms with E-state index in [1.54, 1.807) is 31.4 Å². The second-order valence-corrected chi connectivity index (χ2v) is 4.10. The maximum absolute atomic E-state index is 13.7. The minimum atomic E-state index is -0.295. The Morgan fingerprint density at radius 3 is 2.61 bits per heavy atom. The SMILES string of the molecule is COc1cc(N)cc(Nc2ccc(C)cc2F)c1. The summed E-state index contributed by atoms with van der Waals surface area (Å²) in [4.78, 5) is 0. The highest BCUT2D eigenvalue weighted by molar-refractivity contribution is 5.66. The number of nitrogen functional groups attached to an aromatic ring is 1. The molecule has 0 saturated heterocycles. The molecule has 0 bridgehead atoms. The lowest BCUT2D eigenvalue weighted by Crippen LogP contribution is -1.96. The van der Waals surface area contributed by atoms with Crippen molar-refractivity contribution in [2.75, 3.05) is 18.2 Å². The van der Waals surface area contributed by atoms with Crippen molar-refractivity contribution in [2.45, 2.75) is 6.92 Å². The summed E-state index contributed by atoms with van der Waals surface area (Å²) in [6.45, 7) is 1.84. The average molecular weight is 246 g/mol. The summed E-state index contributed by atoms with van der Waals surface area (Å²) in [6.07, 6.45) is 0. The summed E-state index contributed by atoms with van der Waals surface area (Å²) in [5.41, 5.74) is 8.27. The van der Waals surface area contributed by atoms with Crippen molar-refractivity contribution in [3.63, 3.8) is 0 Å². The number of nitrogens with two attached hydrogens (primary N) is 1. The number of anilines is 3. The fourth-order valence-corrected chi connectivity index (χ4v) is 1.69. The lowest BCUT2D eigenvalue weighted by Gasteiger charge is -2.10. The Kier molecular flexibility index (Phi) is 3.37. The summed E-state index contributed by atoms with van der Waals surface area (Å²) in [6, 6.07) is 10.2. The van der Waals surface area contributed by atoms with E-state index in [2.05, 4.69) is 5.32 Å². The zero-order valence-electron chi connectivity index (χ0n) is 10.3. The number of hydrogen-bond acceptors (Lipinski definition) is 3. The molecule has 0 atom stereocenters. The largest absolute Gasteiger partial charge is 0.497 e. The monoisotopic (exact) mass is 246 g/mol. The molecule has 3 N–H and O–H groups in total. The standard InChI is InChI=1S/C14H15FN2O/c1-9-3-4-14(13(15)5-9)17-11-6-10(16)7-12(8-11)18-2/h3-8,17H,16H2,1-2H3. The number of benzene rings is 2. The van der Waals surface area contributed by atoms with Gasteiger partial charge in [-0.25, -0.2) is 4.39 Å². The van der Waals surface area contributed by atoms with Crippen molar-refractivity contribution >= 4 is 17.1 Å². The predicted octanol–water partition coefficient (Wildman–Crippen LogP) is 3.47. The van der Waals surface area contributed by atoms with Crippen LogP contribution in [-0.2, 0) is 0 Å². The van der Waals surface area contributed by atoms with E-state index >= 15 is 0 Å². The van der Waals surface area contributed by atoms with E-state index in [0.717, 1.165) is 5.56 Å². The van der Waals surface area contributed by atoms with Gasteiger partial charge in [0.1, 0.15) is 11.6 Å². The van der Waals surface area contributed by atoms with Crippen LogP contribution in [0.1, 0.15) is 5.56 Å². The molecule has 0 radical (unpaired) electrons. The van der Waals surface area contributed by atoms with Crippen LogP contribution in [0.2, 0.25) is 0 Å². The van der Waals surface area contributed by atoms with Gasteiger partial charge in [-0.1, -0.05) is 6.07 Å². The van der Waals surface area contributed by atoms with E-state index in [-0.39, 0.29) is 5.82 Å². The van der Waals surface area contributed by atoms with Crippen LogP contribution in [0.25, 0.3) is 0 Å². The molecule has 0 aliphatic heterocycles. The summed E-state index contributed by atoms with van der Waals surface area (Å²) < 4.78 is 18.8. The number of aryl methyl sites for hydroxylation is 1. The van der Waals surface area contributed by atoms with E-state index in [0.29, 0.717) is 22.8 Å². The van der Waals surface area contributed by atoms with Gasteiger partial charge in [0.2, 0.25) is 0 Å². The van der Waals surface area contributed by atoms with Crippen molar-refractivity contribution in [1.82, 2.24) is 0 Å². The van der Waals surface area contributed by atoms with Crippen LogP contribution in [0.3, 0.4) is 0 Å². The molecule has 0 aromatic heterocycles. The third-order valence-corrected chi connectivity index (χ3v) is 2.57. The van der Waals surface area contributed by atoms with Gasteiger partial charge in [-0.3, -0.25) is 0 Å². The molecule has 0 saturated carbocycles. The third kappa shape index (κ3) is 2.71. The topological polar surface area (TPSA) is 47.3 Å². The third-order valence-electron chi connectivity index (χ3n) is 2.57. The fourth-order valence-electron chi connectivity index (χ4n) is 1.69. The summed E-state index contributed by atoms with van der Waals surface area (Å²) in [5.74, 6) is 0.335. The molecular weight excluding hydrogens is 231 g/mol. The molecule has 0 aliphatic rings. The Balaban J connectivity index is 2.30. The van der Waals surface area contributed by atoms with Gasteiger partial charge in [0.25, 0.3) is 0 Å². The predicted molar refractivity (Wildman–Crippen MR) is 71.8 cm³/mol. The Hall–Kier alpha value is -2.23. The van der Waals surface area contributed by atoms with Gasteiger partial charge >= 0.3 is 0 Å². The smallest absolute Gasteiger partial charge is 0.146 e. The maximum Gasteiger partial charge on any atom is 0.146 e. The van der Waals surface area contributed by atoms with Gasteiger partial charge in [-0.2, -0.15) is 0 Å². The molecule has 3 nitrogen and oxygen atoms in total. The minimum Gasteiger partial charge on any atom is -0.497 e. The van der Waals surface area contributed by atoms with Crippen LogP contribution in [-0.4, -0.2) is 7.11 Å². The highest BCUT2D eigenvalue weighted by Crippen LogP contribution is 2.26. The number of nitrogens with one attached hydrogen (secondary N) is 1. The van der Waals surface area contributed by atoms with Crippen LogP contribution < -0.4 is 15.8 Å². The first-order valence-corrected chi connectivity index (χ1v) is 5.56. The van der Waals surface area contributed by atoms with Crippen LogP contribution in [0.4, 0.5) is 21.5 Å². The first kappa shape index (κ1) is 12.2. The van der Waals surface area contributed by atoms with Crippen LogP contribution >= 0.6 is 0 Å². The van der Waals surface area contributed by atoms with Gasteiger partial charge in [0, 0.05) is 23.5 Å². The van der Waals surface area contributed by atoms with Gasteiger partial charge < -0.3 is 15.8 Å².